The number of hydrogen-bond donors (Lipinski definition) is 0. The average molecular weight is 434 g/mol. The number of fused-ring (bicyclic) bond motifs is 7. The predicted molar refractivity (Wildman–Crippen MR) is 127 cm³/mol. The molecule has 4 heterocycles. The number of benzene rings is 1. The number of aromatic nitrogens is 1. The van der Waals surface area contributed by atoms with Crippen molar-refractivity contribution in [3.63, 3.8) is 0 Å². The van der Waals surface area contributed by atoms with Crippen LogP contribution in [0.3, 0.4) is 0 Å². The smallest absolute Gasteiger partial charge is 0.254 e. The van der Waals surface area contributed by atoms with Gasteiger partial charge in [-0.2, -0.15) is 0 Å². The fourth-order valence-corrected chi connectivity index (χ4v) is 7.07. The van der Waals surface area contributed by atoms with E-state index >= 15 is 0 Å². The maximum absolute atomic E-state index is 13.8. The van der Waals surface area contributed by atoms with Crippen molar-refractivity contribution in [2.24, 2.45) is 11.8 Å². The largest absolute Gasteiger partial charge is 0.383 e. The molecule has 0 radical (unpaired) electrons. The Morgan fingerprint density at radius 1 is 1.16 bits per heavy atom. The number of hydrogen-bond acceptors (Lipinski definition) is 3. The van der Waals surface area contributed by atoms with Crippen LogP contribution in [-0.2, 0) is 11.3 Å². The molecular weight excluding hydrogens is 398 g/mol. The second-order valence-electron chi connectivity index (χ2n) is 10.3. The number of likely N-dealkylation sites (tertiary alicyclic amines) is 1. The third kappa shape index (κ3) is 3.41. The molecule has 5 nitrogen and oxygen atoms in total. The number of nitrogens with zero attached hydrogens (tertiary/aromatic N) is 3. The topological polar surface area (TPSA) is 37.7 Å². The number of methoxy groups -OCH3 is 1. The molecule has 2 bridgehead atoms. The summed E-state index contributed by atoms with van der Waals surface area (Å²) in [4.78, 5) is 18.8. The van der Waals surface area contributed by atoms with Gasteiger partial charge in [0.2, 0.25) is 0 Å². The first kappa shape index (κ1) is 20.5. The Kier molecular flexibility index (Phi) is 5.34. The fourth-order valence-electron chi connectivity index (χ4n) is 7.07. The molecule has 1 amide bonds. The van der Waals surface area contributed by atoms with E-state index < -0.39 is 0 Å². The molecule has 1 aromatic carbocycles. The van der Waals surface area contributed by atoms with Crippen molar-refractivity contribution in [3.8, 4) is 0 Å². The maximum atomic E-state index is 13.8. The summed E-state index contributed by atoms with van der Waals surface area (Å²) in [5, 5.41) is 1.18. The monoisotopic (exact) mass is 433 g/mol. The third-order valence-corrected chi connectivity index (χ3v) is 8.48. The fraction of sp³-hybridized carbons (Fsp3) is 0.593. The molecule has 0 N–H and O–H groups in total. The van der Waals surface area contributed by atoms with Gasteiger partial charge in [0, 0.05) is 50.1 Å². The molecule has 0 saturated carbocycles. The van der Waals surface area contributed by atoms with E-state index in [0.29, 0.717) is 24.5 Å². The van der Waals surface area contributed by atoms with Crippen LogP contribution in [0.1, 0.15) is 48.9 Å². The van der Waals surface area contributed by atoms with Crippen molar-refractivity contribution in [2.75, 3.05) is 33.4 Å². The average Bonchev–Trinajstić information content (AvgIpc) is 3.24. The molecule has 5 heteroatoms. The minimum absolute atomic E-state index is 0.209. The molecule has 2 aromatic rings. The van der Waals surface area contributed by atoms with Crippen LogP contribution in [0, 0.1) is 11.8 Å². The molecule has 3 saturated heterocycles. The van der Waals surface area contributed by atoms with Gasteiger partial charge in [-0.1, -0.05) is 24.1 Å². The zero-order valence-corrected chi connectivity index (χ0v) is 19.2. The highest BCUT2D eigenvalue weighted by molar-refractivity contribution is 5.98. The molecule has 32 heavy (non-hydrogen) atoms. The lowest BCUT2D eigenvalue weighted by atomic mass is 9.68. The van der Waals surface area contributed by atoms with Crippen LogP contribution in [0.4, 0.5) is 0 Å². The van der Waals surface area contributed by atoms with Crippen molar-refractivity contribution < 1.29 is 9.53 Å². The van der Waals surface area contributed by atoms with Crippen LogP contribution in [-0.4, -0.2) is 65.7 Å². The second kappa shape index (κ2) is 8.35. The highest BCUT2D eigenvalue weighted by Crippen LogP contribution is 2.45. The number of carbonyl (C=O) groups excluding carboxylic acids is 1. The van der Waals surface area contributed by atoms with E-state index in [1.54, 1.807) is 12.7 Å². The molecule has 4 atom stereocenters. The van der Waals surface area contributed by atoms with Crippen molar-refractivity contribution in [1.29, 1.82) is 0 Å². The molecule has 0 spiro atoms. The first-order valence-electron chi connectivity index (χ1n) is 12.6. The number of piperidine rings is 3. The van der Waals surface area contributed by atoms with Crippen LogP contribution in [0.25, 0.3) is 10.9 Å². The number of ether oxygens (including phenoxy) is 1. The van der Waals surface area contributed by atoms with Gasteiger partial charge in [0.25, 0.3) is 5.91 Å². The van der Waals surface area contributed by atoms with Crippen molar-refractivity contribution in [1.82, 2.24) is 14.4 Å². The molecule has 1 aliphatic carbocycles. The van der Waals surface area contributed by atoms with Crippen molar-refractivity contribution in [3.05, 3.63) is 47.7 Å². The number of carbonyl (C=O) groups is 1. The van der Waals surface area contributed by atoms with Gasteiger partial charge in [0.05, 0.1) is 12.6 Å². The van der Waals surface area contributed by atoms with E-state index in [1.165, 1.54) is 50.6 Å². The summed E-state index contributed by atoms with van der Waals surface area (Å²) in [6.45, 7) is 4.78. The lowest BCUT2D eigenvalue weighted by molar-refractivity contribution is 0.00148. The zero-order valence-electron chi connectivity index (χ0n) is 19.2. The molecule has 2 unspecified atom stereocenters. The van der Waals surface area contributed by atoms with Gasteiger partial charge in [-0.05, 0) is 74.1 Å². The Hall–Kier alpha value is -2.11. The minimum Gasteiger partial charge on any atom is -0.383 e. The lowest BCUT2D eigenvalue weighted by Crippen LogP contribution is -2.60. The van der Waals surface area contributed by atoms with Gasteiger partial charge in [-0.25, -0.2) is 0 Å². The highest BCUT2D eigenvalue weighted by Gasteiger charge is 2.47. The zero-order chi connectivity index (χ0) is 21.7. The second-order valence-corrected chi connectivity index (χ2v) is 10.3. The van der Waals surface area contributed by atoms with Crippen LogP contribution in [0.15, 0.2) is 42.1 Å². The van der Waals surface area contributed by atoms with Gasteiger partial charge < -0.3 is 14.2 Å². The first-order chi connectivity index (χ1) is 15.7. The standard InChI is InChI=1S/C27H35N3O2/c1-32-14-13-28-12-9-19-7-8-21(17-25(19)28)27(31)30-11-4-5-20-15-22-16-23(26(20)30)18-29-10-3-2-6-24(22)29/h7-9,12,15,17,22-24,26H,2-6,10-11,13-14,16,18H2,1H3/t22?,23?,24-,26-/m1/s1. The molecule has 3 fully saturated rings. The van der Waals surface area contributed by atoms with E-state index in [-0.39, 0.29) is 5.91 Å². The predicted octanol–water partition coefficient (Wildman–Crippen LogP) is 4.32. The molecular formula is C27H35N3O2. The van der Waals surface area contributed by atoms with Gasteiger partial charge in [0.1, 0.15) is 0 Å². The molecule has 4 aliphatic rings. The summed E-state index contributed by atoms with van der Waals surface area (Å²) in [6, 6.07) is 9.39. The van der Waals surface area contributed by atoms with Gasteiger partial charge in [0.15, 0.2) is 0 Å². The quantitative estimate of drug-likeness (QED) is 0.674. The van der Waals surface area contributed by atoms with E-state index in [9.17, 15) is 4.79 Å². The van der Waals surface area contributed by atoms with Crippen LogP contribution in [0.5, 0.6) is 0 Å². The van der Waals surface area contributed by atoms with Crippen LogP contribution in [0.2, 0.25) is 0 Å². The van der Waals surface area contributed by atoms with Crippen molar-refractivity contribution >= 4 is 16.8 Å². The summed E-state index contributed by atoms with van der Waals surface area (Å²) in [6.07, 6.45) is 12.3. The Labute approximate surface area is 191 Å². The molecule has 3 aliphatic heterocycles. The Morgan fingerprint density at radius 2 is 2.09 bits per heavy atom. The van der Waals surface area contributed by atoms with E-state index in [1.807, 2.05) is 6.07 Å². The maximum Gasteiger partial charge on any atom is 0.254 e. The van der Waals surface area contributed by atoms with E-state index in [0.717, 1.165) is 36.6 Å². The molecule has 6 rings (SSSR count). The highest BCUT2D eigenvalue weighted by atomic mass is 16.5. The minimum atomic E-state index is 0.209. The van der Waals surface area contributed by atoms with Gasteiger partial charge in [-0.15, -0.1) is 0 Å². The Morgan fingerprint density at radius 3 is 3.00 bits per heavy atom. The van der Waals surface area contributed by atoms with Crippen molar-refractivity contribution in [2.45, 2.75) is 57.2 Å². The summed E-state index contributed by atoms with van der Waals surface area (Å²) < 4.78 is 7.46. The number of amides is 1. The Bertz CT molecular complexity index is 1040. The molecule has 170 valence electrons. The number of rotatable bonds is 4. The van der Waals surface area contributed by atoms with Gasteiger partial charge in [-0.3, -0.25) is 9.69 Å². The third-order valence-electron chi connectivity index (χ3n) is 8.48. The van der Waals surface area contributed by atoms with Crippen LogP contribution >= 0.6 is 0 Å². The molecule has 1 aromatic heterocycles. The Balaban J connectivity index is 1.30. The normalized spacial score (nSPS) is 30.0. The summed E-state index contributed by atoms with van der Waals surface area (Å²) in [5.41, 5.74) is 3.50. The first-order valence-corrected chi connectivity index (χ1v) is 12.6. The summed E-state index contributed by atoms with van der Waals surface area (Å²) in [5.74, 6) is 1.50. The van der Waals surface area contributed by atoms with E-state index in [4.69, 9.17) is 4.74 Å². The summed E-state index contributed by atoms with van der Waals surface area (Å²) >= 11 is 0. The van der Waals surface area contributed by atoms with Gasteiger partial charge >= 0.3 is 0 Å². The van der Waals surface area contributed by atoms with Crippen LogP contribution < -0.4 is 0 Å². The lowest BCUT2D eigenvalue weighted by Gasteiger charge is -2.54. The summed E-state index contributed by atoms with van der Waals surface area (Å²) in [7, 11) is 1.73. The van der Waals surface area contributed by atoms with E-state index in [2.05, 4.69) is 44.8 Å². The SMILES string of the molecule is COCCn1ccc2ccc(C(=O)N3CCCC4=CC5CC(CN6CCCC[C@H]56)[C@@H]43)cc21.